The van der Waals surface area contributed by atoms with Gasteiger partial charge in [0, 0.05) is 43.4 Å². The van der Waals surface area contributed by atoms with Gasteiger partial charge in [-0.2, -0.15) is 5.10 Å². The van der Waals surface area contributed by atoms with Gasteiger partial charge in [0.15, 0.2) is 5.69 Å². The lowest BCUT2D eigenvalue weighted by Crippen LogP contribution is -2.36. The zero-order valence-corrected chi connectivity index (χ0v) is 13.4. The molecule has 0 aliphatic carbocycles. The lowest BCUT2D eigenvalue weighted by Gasteiger charge is -2.27. The molecule has 0 saturated carbocycles. The van der Waals surface area contributed by atoms with E-state index in [-0.39, 0.29) is 5.91 Å². The van der Waals surface area contributed by atoms with Gasteiger partial charge in [-0.1, -0.05) is 0 Å². The number of likely N-dealkylation sites (tertiary alicyclic amines) is 1. The maximum Gasteiger partial charge on any atom is 0.274 e. The largest absolute Gasteiger partial charge is 0.468 e. The standard InChI is InChI=1S/C17H22N4O2/c1-12-4-2-7-21(12)17(22)16-14-11-20(8-6-15(14)18-19-16)10-13-5-3-9-23-13/h3,5,9,12H,2,4,6-8,10-11H2,1H3,(H,18,19). The molecule has 4 rings (SSSR count). The number of hydrogen-bond acceptors (Lipinski definition) is 4. The van der Waals surface area contributed by atoms with Crippen molar-refractivity contribution in [3.63, 3.8) is 0 Å². The molecule has 0 aromatic carbocycles. The van der Waals surface area contributed by atoms with E-state index >= 15 is 0 Å². The fourth-order valence-corrected chi connectivity index (χ4v) is 3.66. The Balaban J connectivity index is 1.53. The molecule has 6 heteroatoms. The fraction of sp³-hybridized carbons (Fsp3) is 0.529. The number of aromatic amines is 1. The Morgan fingerprint density at radius 1 is 1.48 bits per heavy atom. The van der Waals surface area contributed by atoms with Crippen molar-refractivity contribution in [1.29, 1.82) is 0 Å². The van der Waals surface area contributed by atoms with Crippen molar-refractivity contribution in [2.24, 2.45) is 0 Å². The number of fused-ring (bicyclic) bond motifs is 1. The van der Waals surface area contributed by atoms with E-state index in [1.165, 1.54) is 0 Å². The molecule has 1 N–H and O–H groups in total. The van der Waals surface area contributed by atoms with Crippen LogP contribution in [-0.2, 0) is 19.5 Å². The molecule has 1 amide bonds. The number of aromatic nitrogens is 2. The van der Waals surface area contributed by atoms with Gasteiger partial charge in [-0.15, -0.1) is 0 Å². The summed E-state index contributed by atoms with van der Waals surface area (Å²) in [6.07, 6.45) is 4.77. The third kappa shape index (κ3) is 2.67. The minimum absolute atomic E-state index is 0.0762. The molecule has 1 fully saturated rings. The predicted molar refractivity (Wildman–Crippen MR) is 84.8 cm³/mol. The van der Waals surface area contributed by atoms with Crippen molar-refractivity contribution in [1.82, 2.24) is 20.0 Å². The summed E-state index contributed by atoms with van der Waals surface area (Å²) in [6.45, 7) is 5.43. The van der Waals surface area contributed by atoms with Crippen LogP contribution in [0, 0.1) is 0 Å². The fourth-order valence-electron chi connectivity index (χ4n) is 3.66. The highest BCUT2D eigenvalue weighted by Crippen LogP contribution is 2.25. The summed E-state index contributed by atoms with van der Waals surface area (Å²) < 4.78 is 5.44. The molecule has 23 heavy (non-hydrogen) atoms. The van der Waals surface area contributed by atoms with Gasteiger partial charge in [-0.05, 0) is 31.9 Å². The highest BCUT2D eigenvalue weighted by Gasteiger charge is 2.32. The quantitative estimate of drug-likeness (QED) is 0.943. The first-order valence-electron chi connectivity index (χ1n) is 8.34. The normalized spacial score (nSPS) is 21.6. The van der Waals surface area contributed by atoms with E-state index in [0.717, 1.165) is 62.5 Å². The van der Waals surface area contributed by atoms with Crippen LogP contribution < -0.4 is 0 Å². The summed E-state index contributed by atoms with van der Waals surface area (Å²) in [5, 5.41) is 7.42. The van der Waals surface area contributed by atoms with Crippen molar-refractivity contribution >= 4 is 5.91 Å². The number of carbonyl (C=O) groups is 1. The molecular formula is C17H22N4O2. The Kier molecular flexibility index (Phi) is 3.69. The van der Waals surface area contributed by atoms with Crippen LogP contribution in [0.2, 0.25) is 0 Å². The van der Waals surface area contributed by atoms with Crippen molar-refractivity contribution in [3.8, 4) is 0 Å². The zero-order chi connectivity index (χ0) is 15.8. The van der Waals surface area contributed by atoms with E-state index in [4.69, 9.17) is 4.42 Å². The zero-order valence-electron chi connectivity index (χ0n) is 13.4. The summed E-state index contributed by atoms with van der Waals surface area (Å²) in [7, 11) is 0. The van der Waals surface area contributed by atoms with Gasteiger partial charge in [-0.25, -0.2) is 0 Å². The maximum atomic E-state index is 12.8. The minimum Gasteiger partial charge on any atom is -0.468 e. The second-order valence-electron chi connectivity index (χ2n) is 6.56. The number of nitrogens with one attached hydrogen (secondary N) is 1. The molecule has 1 unspecified atom stereocenters. The van der Waals surface area contributed by atoms with Gasteiger partial charge in [0.1, 0.15) is 5.76 Å². The van der Waals surface area contributed by atoms with E-state index < -0.39 is 0 Å². The molecule has 6 nitrogen and oxygen atoms in total. The van der Waals surface area contributed by atoms with E-state index in [1.807, 2.05) is 17.0 Å². The minimum atomic E-state index is 0.0762. The summed E-state index contributed by atoms with van der Waals surface area (Å²) in [4.78, 5) is 17.1. The molecule has 2 aliphatic heterocycles. The summed E-state index contributed by atoms with van der Waals surface area (Å²) >= 11 is 0. The Hall–Kier alpha value is -2.08. The Morgan fingerprint density at radius 3 is 3.13 bits per heavy atom. The van der Waals surface area contributed by atoms with E-state index in [1.54, 1.807) is 6.26 Å². The van der Waals surface area contributed by atoms with Gasteiger partial charge in [0.25, 0.3) is 5.91 Å². The van der Waals surface area contributed by atoms with Crippen LogP contribution in [0.1, 0.15) is 47.3 Å². The molecule has 4 heterocycles. The second-order valence-corrected chi connectivity index (χ2v) is 6.56. The number of hydrogen-bond donors (Lipinski definition) is 1. The van der Waals surface area contributed by atoms with Crippen LogP contribution >= 0.6 is 0 Å². The maximum absolute atomic E-state index is 12.8. The van der Waals surface area contributed by atoms with Crippen LogP contribution in [0.4, 0.5) is 0 Å². The van der Waals surface area contributed by atoms with E-state index in [9.17, 15) is 4.79 Å². The molecule has 2 aliphatic rings. The molecule has 2 aromatic heterocycles. The molecule has 0 spiro atoms. The highest BCUT2D eigenvalue weighted by atomic mass is 16.3. The highest BCUT2D eigenvalue weighted by molar-refractivity contribution is 5.94. The van der Waals surface area contributed by atoms with Gasteiger partial charge in [-0.3, -0.25) is 14.8 Å². The van der Waals surface area contributed by atoms with E-state index in [0.29, 0.717) is 11.7 Å². The van der Waals surface area contributed by atoms with Crippen LogP contribution in [0.3, 0.4) is 0 Å². The van der Waals surface area contributed by atoms with E-state index in [2.05, 4.69) is 22.0 Å². The molecule has 0 radical (unpaired) electrons. The van der Waals surface area contributed by atoms with Crippen LogP contribution in [-0.4, -0.2) is 45.0 Å². The number of carbonyl (C=O) groups excluding carboxylic acids is 1. The number of nitrogens with zero attached hydrogens (tertiary/aromatic N) is 3. The molecule has 0 bridgehead atoms. The molecule has 1 atom stereocenters. The summed E-state index contributed by atoms with van der Waals surface area (Å²) in [5.41, 5.74) is 2.78. The number of rotatable bonds is 3. The predicted octanol–water partition coefficient (Wildman–Crippen LogP) is 2.19. The molecule has 122 valence electrons. The van der Waals surface area contributed by atoms with Crippen molar-refractivity contribution in [2.75, 3.05) is 13.1 Å². The first kappa shape index (κ1) is 14.5. The van der Waals surface area contributed by atoms with Crippen LogP contribution in [0.5, 0.6) is 0 Å². The van der Waals surface area contributed by atoms with Crippen molar-refractivity contribution in [2.45, 2.75) is 45.3 Å². The SMILES string of the molecule is CC1CCCN1C(=O)c1n[nH]c2c1CN(Cc1ccco1)CC2. The van der Waals surface area contributed by atoms with Gasteiger partial charge in [0.05, 0.1) is 12.8 Å². The molecule has 1 saturated heterocycles. The topological polar surface area (TPSA) is 65.4 Å². The summed E-state index contributed by atoms with van der Waals surface area (Å²) in [6, 6.07) is 4.22. The van der Waals surface area contributed by atoms with Crippen molar-refractivity contribution in [3.05, 3.63) is 41.1 Å². The first-order chi connectivity index (χ1) is 11.2. The summed E-state index contributed by atoms with van der Waals surface area (Å²) in [5.74, 6) is 1.03. The monoisotopic (exact) mass is 314 g/mol. The second kappa shape index (κ2) is 5.85. The van der Waals surface area contributed by atoms with Crippen LogP contribution in [0.15, 0.2) is 22.8 Å². The molecule has 2 aromatic rings. The average Bonchev–Trinajstić information content (AvgIpc) is 3.27. The Bertz CT molecular complexity index is 692. The smallest absolute Gasteiger partial charge is 0.274 e. The Labute approximate surface area is 135 Å². The van der Waals surface area contributed by atoms with Gasteiger partial charge < -0.3 is 9.32 Å². The van der Waals surface area contributed by atoms with Crippen molar-refractivity contribution < 1.29 is 9.21 Å². The number of H-pyrrole nitrogens is 1. The lowest BCUT2D eigenvalue weighted by molar-refractivity contribution is 0.0738. The van der Waals surface area contributed by atoms with Gasteiger partial charge >= 0.3 is 0 Å². The van der Waals surface area contributed by atoms with Crippen LogP contribution in [0.25, 0.3) is 0 Å². The molecular weight excluding hydrogens is 292 g/mol. The third-order valence-electron chi connectivity index (χ3n) is 4.99. The Morgan fingerprint density at radius 2 is 2.39 bits per heavy atom. The average molecular weight is 314 g/mol. The lowest BCUT2D eigenvalue weighted by atomic mass is 10.0. The third-order valence-corrected chi connectivity index (χ3v) is 4.99. The van der Waals surface area contributed by atoms with Gasteiger partial charge in [0.2, 0.25) is 0 Å². The number of amides is 1. The number of furan rings is 1. The first-order valence-corrected chi connectivity index (χ1v) is 8.34.